The molecule has 4 rings (SSSR count). The lowest BCUT2D eigenvalue weighted by molar-refractivity contribution is -0.162. The second-order valence-electron chi connectivity index (χ2n) is 11.2. The molecule has 1 amide bonds. The lowest BCUT2D eigenvalue weighted by atomic mass is 9.98. The number of carbonyl (C=O) groups is 3. The molecule has 1 aliphatic rings. The molecule has 0 radical (unpaired) electrons. The van der Waals surface area contributed by atoms with Crippen LogP contribution < -0.4 is 0 Å². The first kappa shape index (κ1) is 36.4. The maximum Gasteiger partial charge on any atom is 0.416 e. The van der Waals surface area contributed by atoms with Gasteiger partial charge in [0.25, 0.3) is 0 Å². The predicted molar refractivity (Wildman–Crippen MR) is 175 cm³/mol. The molecule has 0 aliphatic carbocycles. The lowest BCUT2D eigenvalue weighted by Gasteiger charge is -2.34. The van der Waals surface area contributed by atoms with Crippen LogP contribution in [0.5, 0.6) is 0 Å². The number of esters is 2. The van der Waals surface area contributed by atoms with Gasteiger partial charge in [-0.2, -0.15) is 13.2 Å². The highest BCUT2D eigenvalue weighted by atomic mass is 33.1. The van der Waals surface area contributed by atoms with Crippen molar-refractivity contribution >= 4 is 50.4 Å². The van der Waals surface area contributed by atoms with Crippen molar-refractivity contribution in [2.45, 2.75) is 76.3 Å². The van der Waals surface area contributed by atoms with E-state index in [1.165, 1.54) is 41.5 Å². The Bertz CT molecular complexity index is 1520. The summed E-state index contributed by atoms with van der Waals surface area (Å²) in [6.45, 7) is 4.83. The summed E-state index contributed by atoms with van der Waals surface area (Å²) >= 11 is 0. The number of benzene rings is 3. The van der Waals surface area contributed by atoms with E-state index in [0.717, 1.165) is 28.5 Å². The van der Waals surface area contributed by atoms with Crippen LogP contribution in [0.3, 0.4) is 0 Å². The van der Waals surface area contributed by atoms with Crippen LogP contribution in [0.1, 0.15) is 62.8 Å². The fourth-order valence-electron chi connectivity index (χ4n) is 5.48. The highest BCUT2D eigenvalue weighted by Crippen LogP contribution is 2.37. The summed E-state index contributed by atoms with van der Waals surface area (Å²) in [5.41, 5.74) is 0.343. The quantitative estimate of drug-likeness (QED) is 0.0576. The molecule has 13 heteroatoms. The lowest BCUT2D eigenvalue weighted by Crippen LogP contribution is -2.38. The average Bonchev–Trinajstić information content (AvgIpc) is 3.03. The van der Waals surface area contributed by atoms with E-state index in [-0.39, 0.29) is 25.1 Å². The van der Waals surface area contributed by atoms with Gasteiger partial charge < -0.3 is 23.8 Å². The number of aryl methyl sites for hydroxylation is 1. The van der Waals surface area contributed by atoms with Gasteiger partial charge in [-0.05, 0) is 58.5 Å². The Hall–Kier alpha value is -3.42. The van der Waals surface area contributed by atoms with Crippen LogP contribution in [0.25, 0.3) is 10.8 Å². The zero-order valence-electron chi connectivity index (χ0n) is 26.4. The minimum absolute atomic E-state index is 0.0113. The molecule has 3 aromatic rings. The van der Waals surface area contributed by atoms with Crippen LogP contribution in [-0.4, -0.2) is 59.7 Å². The van der Waals surface area contributed by atoms with Crippen molar-refractivity contribution in [2.24, 2.45) is 0 Å². The van der Waals surface area contributed by atoms with Crippen LogP contribution in [0.2, 0.25) is 0 Å². The van der Waals surface area contributed by atoms with E-state index in [0.29, 0.717) is 31.2 Å². The zero-order valence-corrected chi connectivity index (χ0v) is 28.0. The van der Waals surface area contributed by atoms with Crippen molar-refractivity contribution < 1.29 is 46.5 Å². The molecule has 8 nitrogen and oxygen atoms in total. The summed E-state index contributed by atoms with van der Waals surface area (Å²) in [6, 6.07) is 18.6. The smallest absolute Gasteiger partial charge is 0.416 e. The third kappa shape index (κ3) is 11.1. The number of hydrogen-bond acceptors (Lipinski definition) is 9. The first-order valence-corrected chi connectivity index (χ1v) is 17.6. The van der Waals surface area contributed by atoms with Gasteiger partial charge in [0.15, 0.2) is 0 Å². The van der Waals surface area contributed by atoms with Gasteiger partial charge in [-0.3, -0.25) is 9.59 Å². The Labute approximate surface area is 280 Å². The fourth-order valence-corrected chi connectivity index (χ4v) is 7.47. The molecular weight excluding hydrogens is 656 g/mol. The van der Waals surface area contributed by atoms with Gasteiger partial charge in [-0.25, -0.2) is 4.79 Å². The highest BCUT2D eigenvalue weighted by molar-refractivity contribution is 8.76. The molecule has 1 aliphatic heterocycles. The Morgan fingerprint density at radius 2 is 1.72 bits per heavy atom. The third-order valence-corrected chi connectivity index (χ3v) is 9.84. The summed E-state index contributed by atoms with van der Waals surface area (Å²) in [4.78, 5) is 38.0. The van der Waals surface area contributed by atoms with E-state index >= 15 is 0 Å². The van der Waals surface area contributed by atoms with Gasteiger partial charge in [0.2, 0.25) is 0 Å². The van der Waals surface area contributed by atoms with Crippen LogP contribution >= 0.6 is 21.6 Å². The monoisotopic (exact) mass is 693 g/mol. The maximum atomic E-state index is 13.5. The Balaban J connectivity index is 1.40. The molecule has 254 valence electrons. The molecule has 1 fully saturated rings. The van der Waals surface area contributed by atoms with Gasteiger partial charge in [-0.15, -0.1) is 0 Å². The van der Waals surface area contributed by atoms with E-state index in [1.807, 2.05) is 49.4 Å². The number of hydrogen-bond donors (Lipinski definition) is 0. The minimum Gasteiger partial charge on any atom is -0.463 e. The molecule has 3 aromatic carbocycles. The second kappa shape index (κ2) is 17.1. The minimum atomic E-state index is -4.43. The molecule has 1 saturated heterocycles. The SMILES string of the molecule is CC(=O)OCC1CC(OC(C)=O)CC(SSCOC(=O)N(CCCc2cccc(C(F)(F)F)c2)C(C)c2cccc3ccccc23)O1. The van der Waals surface area contributed by atoms with E-state index < -0.39 is 47.4 Å². The van der Waals surface area contributed by atoms with Crippen LogP contribution in [0, 0.1) is 0 Å². The summed E-state index contributed by atoms with van der Waals surface area (Å²) in [5.74, 6) is -0.865. The first-order chi connectivity index (χ1) is 22.4. The van der Waals surface area contributed by atoms with Crippen molar-refractivity contribution in [3.63, 3.8) is 0 Å². The number of halogens is 3. The van der Waals surface area contributed by atoms with E-state index in [2.05, 4.69) is 0 Å². The van der Waals surface area contributed by atoms with Crippen LogP contribution in [0.15, 0.2) is 66.7 Å². The van der Waals surface area contributed by atoms with Crippen molar-refractivity contribution in [1.29, 1.82) is 0 Å². The normalized spacial score (nSPS) is 18.7. The first-order valence-electron chi connectivity index (χ1n) is 15.2. The number of fused-ring (bicyclic) bond motifs is 1. The van der Waals surface area contributed by atoms with Crippen LogP contribution in [-0.2, 0) is 41.1 Å². The Kier molecular flexibility index (Phi) is 13.3. The van der Waals surface area contributed by atoms with Gasteiger partial charge >= 0.3 is 24.2 Å². The number of amides is 1. The molecule has 0 N–H and O–H groups in total. The number of nitrogens with zero attached hydrogens (tertiary/aromatic N) is 1. The molecule has 47 heavy (non-hydrogen) atoms. The van der Waals surface area contributed by atoms with E-state index in [4.69, 9.17) is 18.9 Å². The fraction of sp³-hybridized carbons (Fsp3) is 0.441. The Morgan fingerprint density at radius 1 is 0.979 bits per heavy atom. The van der Waals surface area contributed by atoms with Gasteiger partial charge in [-0.1, -0.05) is 71.5 Å². The van der Waals surface area contributed by atoms with E-state index in [9.17, 15) is 27.6 Å². The molecule has 0 bridgehead atoms. The molecule has 0 spiro atoms. The standard InChI is InChI=1S/C34H38F3NO7S2/c1-22(30-15-7-12-26-11-4-5-14-31(26)30)38(16-8-10-25-9-6-13-27(17-25)34(35,36)37)33(41)43-21-46-47-32-19-28(44-24(3)40)18-29(45-32)20-42-23(2)39/h4-7,9,11-15,17,22,28-29,32H,8,10,16,18-21H2,1-3H3. The predicted octanol–water partition coefficient (Wildman–Crippen LogP) is 8.33. The largest absolute Gasteiger partial charge is 0.463 e. The van der Waals surface area contributed by atoms with Gasteiger partial charge in [0.05, 0.1) is 17.7 Å². The highest BCUT2D eigenvalue weighted by Gasteiger charge is 2.33. The zero-order chi connectivity index (χ0) is 34.0. The van der Waals surface area contributed by atoms with Gasteiger partial charge in [0, 0.05) is 33.2 Å². The van der Waals surface area contributed by atoms with E-state index in [1.54, 1.807) is 11.0 Å². The molecule has 0 aromatic heterocycles. The summed E-state index contributed by atoms with van der Waals surface area (Å²) in [5, 5.41) is 2.01. The summed E-state index contributed by atoms with van der Waals surface area (Å²) in [6.07, 6.45) is -4.27. The molecule has 1 heterocycles. The van der Waals surface area contributed by atoms with Crippen molar-refractivity contribution in [3.8, 4) is 0 Å². The second-order valence-corrected chi connectivity index (χ2v) is 13.6. The van der Waals surface area contributed by atoms with Crippen molar-refractivity contribution in [2.75, 3.05) is 19.1 Å². The third-order valence-electron chi connectivity index (χ3n) is 7.63. The molecule has 4 atom stereocenters. The number of rotatable bonds is 13. The maximum absolute atomic E-state index is 13.5. The topological polar surface area (TPSA) is 91.4 Å². The molecular formula is C34H38F3NO7S2. The average molecular weight is 694 g/mol. The number of carbonyl (C=O) groups excluding carboxylic acids is 3. The molecule has 4 unspecified atom stereocenters. The van der Waals surface area contributed by atoms with Crippen LogP contribution in [0.4, 0.5) is 18.0 Å². The van der Waals surface area contributed by atoms with Crippen molar-refractivity contribution in [1.82, 2.24) is 4.90 Å². The summed E-state index contributed by atoms with van der Waals surface area (Å²) in [7, 11) is 2.57. The molecule has 0 saturated carbocycles. The number of alkyl halides is 3. The van der Waals surface area contributed by atoms with Gasteiger partial charge in [0.1, 0.15) is 24.1 Å². The number of ether oxygens (including phenoxy) is 4. The van der Waals surface area contributed by atoms with Crippen molar-refractivity contribution in [3.05, 3.63) is 83.4 Å². The summed E-state index contributed by atoms with van der Waals surface area (Å²) < 4.78 is 61.9. The Morgan fingerprint density at radius 3 is 2.47 bits per heavy atom.